The van der Waals surface area contributed by atoms with Crippen molar-refractivity contribution in [3.63, 3.8) is 0 Å². The highest BCUT2D eigenvalue weighted by atomic mass is 19.3. The Labute approximate surface area is 333 Å². The Morgan fingerprint density at radius 1 is 0.879 bits per heavy atom. The lowest BCUT2D eigenvalue weighted by atomic mass is 9.91. The fourth-order valence-corrected chi connectivity index (χ4v) is 8.18. The van der Waals surface area contributed by atoms with Crippen LogP contribution in [0.1, 0.15) is 89.8 Å². The Balaban J connectivity index is 0.980. The van der Waals surface area contributed by atoms with Gasteiger partial charge >= 0.3 is 5.69 Å². The van der Waals surface area contributed by atoms with E-state index in [0.29, 0.717) is 36.2 Å². The number of amides is 3. The van der Waals surface area contributed by atoms with Gasteiger partial charge in [0.1, 0.15) is 5.69 Å². The van der Waals surface area contributed by atoms with Gasteiger partial charge in [-0.15, -0.1) is 0 Å². The highest BCUT2D eigenvalue weighted by Gasteiger charge is 2.30. The van der Waals surface area contributed by atoms with Crippen LogP contribution in [0.3, 0.4) is 0 Å². The maximum Gasteiger partial charge on any atom is 0.328 e. The summed E-state index contributed by atoms with van der Waals surface area (Å²) in [6.45, 7) is 5.05. The molecule has 2 N–H and O–H groups in total. The average molecular weight is 784 g/mol. The van der Waals surface area contributed by atoms with Crippen molar-refractivity contribution < 1.29 is 23.2 Å². The molecule has 296 valence electrons. The van der Waals surface area contributed by atoms with Gasteiger partial charge in [-0.25, -0.2) is 13.6 Å². The number of aromatic nitrogens is 4. The van der Waals surface area contributed by atoms with Crippen molar-refractivity contribution >= 4 is 40.1 Å². The van der Waals surface area contributed by atoms with Crippen molar-refractivity contribution in [1.82, 2.24) is 29.7 Å². The van der Waals surface area contributed by atoms with Gasteiger partial charge in [-0.2, -0.15) is 0 Å². The van der Waals surface area contributed by atoms with Crippen LogP contribution in [0.2, 0.25) is 0 Å². The van der Waals surface area contributed by atoms with E-state index < -0.39 is 18.3 Å². The number of aryl methyl sites for hydroxylation is 3. The van der Waals surface area contributed by atoms with Crippen LogP contribution in [0.15, 0.2) is 90.0 Å². The number of pyridine rings is 2. The summed E-state index contributed by atoms with van der Waals surface area (Å²) < 4.78 is 33.0. The van der Waals surface area contributed by atoms with E-state index in [1.165, 1.54) is 6.20 Å². The molecule has 5 heterocycles. The zero-order valence-electron chi connectivity index (χ0n) is 32.7. The first-order chi connectivity index (χ1) is 27.9. The van der Waals surface area contributed by atoms with Crippen LogP contribution >= 0.6 is 0 Å². The Morgan fingerprint density at radius 2 is 1.66 bits per heavy atom. The predicted octanol–water partition coefficient (Wildman–Crippen LogP) is 7.60. The molecule has 13 heteroatoms. The number of piperidine rings is 1. The van der Waals surface area contributed by atoms with E-state index in [4.69, 9.17) is 0 Å². The Hall–Kier alpha value is -6.50. The lowest BCUT2D eigenvalue weighted by Crippen LogP contribution is -2.39. The third-order valence-corrected chi connectivity index (χ3v) is 11.3. The third kappa shape index (κ3) is 7.16. The molecule has 0 radical (unpaired) electrons. The van der Waals surface area contributed by atoms with Crippen LogP contribution in [-0.4, -0.2) is 43.4 Å². The minimum absolute atomic E-state index is 0.118. The van der Waals surface area contributed by atoms with Gasteiger partial charge in [0, 0.05) is 68.5 Å². The van der Waals surface area contributed by atoms with Crippen LogP contribution in [0.25, 0.3) is 33.3 Å². The van der Waals surface area contributed by atoms with Crippen LogP contribution < -0.4 is 21.2 Å². The Morgan fingerprint density at radius 3 is 2.36 bits per heavy atom. The van der Waals surface area contributed by atoms with Crippen molar-refractivity contribution in [1.29, 1.82) is 0 Å². The van der Waals surface area contributed by atoms with Crippen LogP contribution in [0, 0.1) is 0 Å². The number of rotatable bonds is 9. The quantitative estimate of drug-likeness (QED) is 0.145. The smallest absolute Gasteiger partial charge is 0.328 e. The molecule has 2 aliphatic heterocycles. The topological polar surface area (TPSA) is 131 Å². The predicted molar refractivity (Wildman–Crippen MR) is 218 cm³/mol. The van der Waals surface area contributed by atoms with Crippen molar-refractivity contribution in [3.05, 3.63) is 129 Å². The van der Waals surface area contributed by atoms with E-state index in [9.17, 15) is 28.0 Å². The molecule has 1 atom stereocenters. The van der Waals surface area contributed by atoms with E-state index in [-0.39, 0.29) is 47.6 Å². The first kappa shape index (κ1) is 38.4. The Kier molecular flexibility index (Phi) is 10.2. The summed E-state index contributed by atoms with van der Waals surface area (Å²) in [6.07, 6.45) is 2.58. The molecule has 0 bridgehead atoms. The molecule has 3 aromatic heterocycles. The molecule has 3 aromatic carbocycles. The molecular weight excluding hydrogens is 741 g/mol. The lowest BCUT2D eigenvalue weighted by Gasteiger charge is -2.33. The number of anilines is 2. The minimum atomic E-state index is -2.76. The van der Waals surface area contributed by atoms with Gasteiger partial charge in [-0.3, -0.25) is 38.8 Å². The number of hydrogen-bond acceptors (Lipinski definition) is 7. The van der Waals surface area contributed by atoms with Crippen LogP contribution in [0.4, 0.5) is 20.2 Å². The minimum Gasteiger partial charge on any atom is -0.347 e. The number of carbonyl (C=O) groups excluding carboxylic acids is 3. The van der Waals surface area contributed by atoms with Crippen LogP contribution in [0.5, 0.6) is 0 Å². The molecule has 1 saturated heterocycles. The zero-order valence-corrected chi connectivity index (χ0v) is 32.7. The Bertz CT molecular complexity index is 2650. The van der Waals surface area contributed by atoms with E-state index in [1.54, 1.807) is 47.6 Å². The van der Waals surface area contributed by atoms with Crippen molar-refractivity contribution in [2.75, 3.05) is 11.4 Å². The summed E-state index contributed by atoms with van der Waals surface area (Å²) in [4.78, 5) is 60.8. The summed E-state index contributed by atoms with van der Waals surface area (Å²) in [6, 6.07) is 22.0. The van der Waals surface area contributed by atoms with E-state index in [2.05, 4.69) is 45.4 Å². The number of nitrogens with zero attached hydrogens (tertiary/aromatic N) is 5. The highest BCUT2D eigenvalue weighted by Crippen LogP contribution is 2.43. The number of fused-ring (bicyclic) bond motifs is 2. The summed E-state index contributed by atoms with van der Waals surface area (Å²) in [5.74, 6) is -1.36. The second kappa shape index (κ2) is 15.4. The van der Waals surface area contributed by atoms with Gasteiger partial charge in [-0.05, 0) is 101 Å². The fraction of sp³-hybridized carbons (Fsp3) is 0.289. The van der Waals surface area contributed by atoms with Gasteiger partial charge in [0.05, 0.1) is 22.6 Å². The monoisotopic (exact) mass is 783 g/mol. The van der Waals surface area contributed by atoms with Gasteiger partial charge in [0.15, 0.2) is 0 Å². The lowest BCUT2D eigenvalue weighted by molar-refractivity contribution is -0.134. The largest absolute Gasteiger partial charge is 0.347 e. The number of alkyl halides is 2. The summed E-state index contributed by atoms with van der Waals surface area (Å²) in [5.41, 5.74) is 9.21. The first-order valence-electron chi connectivity index (χ1n) is 19.4. The molecule has 58 heavy (non-hydrogen) atoms. The molecule has 0 saturated carbocycles. The number of imide groups is 1. The first-order valence-corrected chi connectivity index (χ1v) is 19.4. The number of benzene rings is 3. The van der Waals surface area contributed by atoms with Crippen molar-refractivity contribution in [2.45, 2.75) is 64.3 Å². The second-order valence-electron chi connectivity index (χ2n) is 15.4. The van der Waals surface area contributed by atoms with E-state index >= 15 is 0 Å². The van der Waals surface area contributed by atoms with E-state index in [0.717, 1.165) is 56.6 Å². The number of halogens is 2. The molecule has 0 spiro atoms. The SMILES string of the molecule is CC(C)c1cc(N2CCCc3cc(-c4ccc(C(=O)NCc5ccc(-c6ccnc(C7CCC(=O)NC7=O)c6)cc5)nc4)c(C(F)F)cc32)cc2c1n(C)c(=O)n2C. The molecule has 1 fully saturated rings. The van der Waals surface area contributed by atoms with Gasteiger partial charge in [-0.1, -0.05) is 44.2 Å². The molecule has 11 nitrogen and oxygen atoms in total. The van der Waals surface area contributed by atoms with E-state index in [1.807, 2.05) is 48.5 Å². The third-order valence-electron chi connectivity index (χ3n) is 11.3. The zero-order chi connectivity index (χ0) is 40.8. The molecule has 1 unspecified atom stereocenters. The number of carbonyl (C=O) groups is 3. The standard InChI is InChI=1S/C45H43F2N7O4/c1-25(2)33-20-31(21-39-41(33)53(4)45(58)52(39)3)54-17-5-6-29-18-34(35(42(46)47)22-38(29)54)30-11-13-36(49-24-30)44(57)50-23-26-7-9-27(10-8-26)28-15-16-48-37(19-28)32-12-14-40(55)51-43(32)56/h7-11,13,15-16,18-22,24-25,32,42H,5-6,12,14,17,23H2,1-4H3,(H,50,57)(H,51,55,56). The van der Waals surface area contributed by atoms with Gasteiger partial charge < -0.3 is 10.2 Å². The molecule has 0 aliphatic carbocycles. The van der Waals surface area contributed by atoms with Crippen molar-refractivity contribution in [3.8, 4) is 22.3 Å². The van der Waals surface area contributed by atoms with Gasteiger partial charge in [0.2, 0.25) is 11.8 Å². The number of hydrogen-bond donors (Lipinski definition) is 2. The second-order valence-corrected chi connectivity index (χ2v) is 15.4. The summed E-state index contributed by atoms with van der Waals surface area (Å²) in [5, 5.41) is 5.26. The normalized spacial score (nSPS) is 15.6. The van der Waals surface area contributed by atoms with Crippen LogP contribution in [-0.2, 0) is 36.6 Å². The summed E-state index contributed by atoms with van der Waals surface area (Å²) >= 11 is 0. The fourth-order valence-electron chi connectivity index (χ4n) is 8.18. The van der Waals surface area contributed by atoms with Crippen molar-refractivity contribution in [2.24, 2.45) is 14.1 Å². The maximum absolute atomic E-state index is 14.8. The average Bonchev–Trinajstić information content (AvgIpc) is 3.45. The number of imidazole rings is 1. The maximum atomic E-state index is 14.8. The summed E-state index contributed by atoms with van der Waals surface area (Å²) in [7, 11) is 3.52. The molecular formula is C45H43F2N7O4. The molecule has 2 aliphatic rings. The highest BCUT2D eigenvalue weighted by molar-refractivity contribution is 6.01. The molecule has 8 rings (SSSR count). The van der Waals surface area contributed by atoms with Gasteiger partial charge in [0.25, 0.3) is 12.3 Å². The molecule has 3 amide bonds. The molecule has 6 aromatic rings. The number of nitrogens with one attached hydrogen (secondary N) is 2.